The van der Waals surface area contributed by atoms with E-state index in [0.717, 1.165) is 18.5 Å². The Balaban J connectivity index is 1.96. The van der Waals surface area contributed by atoms with Crippen molar-refractivity contribution in [3.8, 4) is 0 Å². The second-order valence-corrected chi connectivity index (χ2v) is 3.71. The minimum atomic E-state index is 0.520. The van der Waals surface area contributed by atoms with Crippen molar-refractivity contribution in [3.63, 3.8) is 0 Å². The molecular formula is C10H13ClN4. The summed E-state index contributed by atoms with van der Waals surface area (Å²) < 4.78 is 3.79. The lowest BCUT2D eigenvalue weighted by Crippen LogP contribution is -2.05. The lowest BCUT2D eigenvalue weighted by Gasteiger charge is -2.02. The maximum Gasteiger partial charge on any atom is 0.0533 e. The van der Waals surface area contributed by atoms with Gasteiger partial charge in [-0.2, -0.15) is 10.2 Å². The summed E-state index contributed by atoms with van der Waals surface area (Å²) in [4.78, 5) is 0. The number of aryl methyl sites for hydroxylation is 3. The lowest BCUT2D eigenvalue weighted by atomic mass is 10.3. The van der Waals surface area contributed by atoms with E-state index >= 15 is 0 Å². The first-order valence-electron chi connectivity index (χ1n) is 4.84. The molecule has 0 bridgehead atoms. The van der Waals surface area contributed by atoms with Crippen LogP contribution in [0.25, 0.3) is 0 Å². The SMILES string of the molecule is Cn1nccc1CCn1cc(CCl)cn1. The van der Waals surface area contributed by atoms with Crippen molar-refractivity contribution in [2.45, 2.75) is 18.8 Å². The normalized spacial score (nSPS) is 10.8. The van der Waals surface area contributed by atoms with Crippen molar-refractivity contribution in [2.75, 3.05) is 0 Å². The van der Waals surface area contributed by atoms with Crippen LogP contribution in [0.4, 0.5) is 0 Å². The van der Waals surface area contributed by atoms with E-state index in [4.69, 9.17) is 11.6 Å². The number of aromatic nitrogens is 4. The smallest absolute Gasteiger partial charge is 0.0533 e. The second kappa shape index (κ2) is 4.49. The molecule has 0 saturated carbocycles. The molecule has 0 N–H and O–H groups in total. The number of hydrogen-bond acceptors (Lipinski definition) is 2. The highest BCUT2D eigenvalue weighted by Crippen LogP contribution is 2.04. The molecule has 0 saturated heterocycles. The third-order valence-electron chi connectivity index (χ3n) is 2.36. The molecule has 0 amide bonds. The summed E-state index contributed by atoms with van der Waals surface area (Å²) in [6, 6.07) is 2.02. The molecule has 2 heterocycles. The van der Waals surface area contributed by atoms with Gasteiger partial charge in [-0.25, -0.2) is 0 Å². The highest BCUT2D eigenvalue weighted by Gasteiger charge is 2.00. The maximum absolute atomic E-state index is 5.70. The van der Waals surface area contributed by atoms with Crippen LogP contribution in [0.1, 0.15) is 11.3 Å². The summed E-state index contributed by atoms with van der Waals surface area (Å²) in [7, 11) is 1.95. The van der Waals surface area contributed by atoms with E-state index in [1.165, 1.54) is 5.69 Å². The molecule has 0 radical (unpaired) electrons. The van der Waals surface area contributed by atoms with E-state index in [-0.39, 0.29) is 0 Å². The largest absolute Gasteiger partial charge is 0.273 e. The average Bonchev–Trinajstić information content (AvgIpc) is 2.84. The van der Waals surface area contributed by atoms with E-state index < -0.39 is 0 Å². The van der Waals surface area contributed by atoms with Crippen molar-refractivity contribution in [1.29, 1.82) is 0 Å². The van der Waals surface area contributed by atoms with Crippen molar-refractivity contribution in [2.24, 2.45) is 7.05 Å². The predicted octanol–water partition coefficient (Wildman–Crippen LogP) is 1.60. The number of halogens is 1. The third kappa shape index (κ3) is 2.39. The summed E-state index contributed by atoms with van der Waals surface area (Å²) >= 11 is 5.70. The molecule has 0 aliphatic rings. The average molecular weight is 225 g/mol. The first-order valence-corrected chi connectivity index (χ1v) is 5.37. The Hall–Kier alpha value is -1.29. The van der Waals surface area contributed by atoms with Crippen LogP contribution in [0, 0.1) is 0 Å². The van der Waals surface area contributed by atoms with Crippen molar-refractivity contribution >= 4 is 11.6 Å². The summed E-state index contributed by atoms with van der Waals surface area (Å²) in [6.45, 7) is 0.858. The molecular weight excluding hydrogens is 212 g/mol. The third-order valence-corrected chi connectivity index (χ3v) is 2.67. The molecule has 0 unspecified atom stereocenters. The maximum atomic E-state index is 5.70. The number of alkyl halides is 1. The van der Waals surface area contributed by atoms with E-state index in [1.807, 2.05) is 34.9 Å². The number of hydrogen-bond donors (Lipinski definition) is 0. The molecule has 2 aromatic heterocycles. The summed E-state index contributed by atoms with van der Waals surface area (Å²) in [5.41, 5.74) is 2.26. The quantitative estimate of drug-likeness (QED) is 0.740. The standard InChI is InChI=1S/C10H13ClN4/c1-14-10(2-4-12-14)3-5-15-8-9(6-11)7-13-15/h2,4,7-8H,3,5-6H2,1H3. The molecule has 2 rings (SSSR count). The minimum Gasteiger partial charge on any atom is -0.273 e. The molecule has 0 spiro atoms. The van der Waals surface area contributed by atoms with E-state index in [0.29, 0.717) is 5.88 Å². The Morgan fingerprint density at radius 1 is 1.40 bits per heavy atom. The minimum absolute atomic E-state index is 0.520. The van der Waals surface area contributed by atoms with Crippen LogP contribution in [0.3, 0.4) is 0 Å². The van der Waals surface area contributed by atoms with E-state index in [2.05, 4.69) is 10.2 Å². The van der Waals surface area contributed by atoms with Crippen LogP contribution in [-0.2, 0) is 25.9 Å². The molecule has 0 aliphatic heterocycles. The Kier molecular flexibility index (Phi) is 3.06. The molecule has 2 aromatic rings. The first kappa shape index (κ1) is 10.2. The zero-order valence-corrected chi connectivity index (χ0v) is 9.35. The fourth-order valence-corrected chi connectivity index (χ4v) is 1.61. The summed E-state index contributed by atoms with van der Waals surface area (Å²) in [6.07, 6.45) is 6.52. The van der Waals surface area contributed by atoms with Gasteiger partial charge in [0.05, 0.1) is 12.1 Å². The fourth-order valence-electron chi connectivity index (χ4n) is 1.47. The van der Waals surface area contributed by atoms with Crippen LogP contribution in [0.2, 0.25) is 0 Å². The van der Waals surface area contributed by atoms with Gasteiger partial charge in [-0.3, -0.25) is 9.36 Å². The van der Waals surface area contributed by atoms with E-state index in [9.17, 15) is 0 Å². The van der Waals surface area contributed by atoms with Crippen LogP contribution in [0.15, 0.2) is 24.7 Å². The van der Waals surface area contributed by atoms with Gasteiger partial charge in [-0.15, -0.1) is 11.6 Å². The Morgan fingerprint density at radius 3 is 2.87 bits per heavy atom. The lowest BCUT2D eigenvalue weighted by molar-refractivity contribution is 0.586. The summed E-state index contributed by atoms with van der Waals surface area (Å²) in [5.74, 6) is 0.520. The first-order chi connectivity index (χ1) is 7.29. The van der Waals surface area contributed by atoms with Gasteiger partial charge in [-0.05, 0) is 6.07 Å². The molecule has 5 heteroatoms. The molecule has 0 aliphatic carbocycles. The molecule has 4 nitrogen and oxygen atoms in total. The van der Waals surface area contributed by atoms with Crippen molar-refractivity contribution in [3.05, 3.63) is 35.9 Å². The van der Waals surface area contributed by atoms with Crippen LogP contribution in [0.5, 0.6) is 0 Å². The fraction of sp³-hybridized carbons (Fsp3) is 0.400. The predicted molar refractivity (Wildman–Crippen MR) is 58.7 cm³/mol. The van der Waals surface area contributed by atoms with Gasteiger partial charge < -0.3 is 0 Å². The topological polar surface area (TPSA) is 35.6 Å². The zero-order valence-electron chi connectivity index (χ0n) is 8.60. The Bertz CT molecular complexity index is 432. The monoisotopic (exact) mass is 224 g/mol. The van der Waals surface area contributed by atoms with Gasteiger partial charge in [0.15, 0.2) is 0 Å². The van der Waals surface area contributed by atoms with Crippen LogP contribution in [-0.4, -0.2) is 19.6 Å². The summed E-state index contributed by atoms with van der Waals surface area (Å²) in [5, 5.41) is 8.33. The highest BCUT2D eigenvalue weighted by molar-refractivity contribution is 6.17. The Labute approximate surface area is 93.5 Å². The van der Waals surface area contributed by atoms with Gasteiger partial charge >= 0.3 is 0 Å². The van der Waals surface area contributed by atoms with Crippen molar-refractivity contribution in [1.82, 2.24) is 19.6 Å². The van der Waals surface area contributed by atoms with Gasteiger partial charge in [0.25, 0.3) is 0 Å². The number of rotatable bonds is 4. The van der Waals surface area contributed by atoms with Crippen LogP contribution < -0.4 is 0 Å². The molecule has 0 fully saturated rings. The molecule has 80 valence electrons. The van der Waals surface area contributed by atoms with Gasteiger partial charge in [0, 0.05) is 43.7 Å². The van der Waals surface area contributed by atoms with Gasteiger partial charge in [0.2, 0.25) is 0 Å². The molecule has 0 aromatic carbocycles. The van der Waals surface area contributed by atoms with Crippen molar-refractivity contribution < 1.29 is 0 Å². The van der Waals surface area contributed by atoms with E-state index in [1.54, 1.807) is 6.20 Å². The van der Waals surface area contributed by atoms with Gasteiger partial charge in [0.1, 0.15) is 0 Å². The molecule has 15 heavy (non-hydrogen) atoms. The second-order valence-electron chi connectivity index (χ2n) is 3.44. The van der Waals surface area contributed by atoms with Gasteiger partial charge in [-0.1, -0.05) is 0 Å². The Morgan fingerprint density at radius 2 is 2.27 bits per heavy atom. The number of nitrogens with zero attached hydrogens (tertiary/aromatic N) is 4. The highest BCUT2D eigenvalue weighted by atomic mass is 35.5. The zero-order chi connectivity index (χ0) is 10.7. The molecule has 0 atom stereocenters. The van der Waals surface area contributed by atoms with Crippen LogP contribution >= 0.6 is 11.6 Å².